The summed E-state index contributed by atoms with van der Waals surface area (Å²) in [4.78, 5) is 14.1. The summed E-state index contributed by atoms with van der Waals surface area (Å²) in [5.41, 5.74) is -0.391. The normalized spacial score (nSPS) is 31.7. The van der Waals surface area contributed by atoms with E-state index in [1.165, 1.54) is 14.7 Å². The van der Waals surface area contributed by atoms with Crippen molar-refractivity contribution in [1.82, 2.24) is 4.31 Å². The molecule has 8 atom stereocenters. The van der Waals surface area contributed by atoms with E-state index in [9.17, 15) is 13.2 Å². The minimum absolute atomic E-state index is 0.0693. The van der Waals surface area contributed by atoms with Crippen molar-refractivity contribution in [2.45, 2.75) is 113 Å². The first kappa shape index (κ1) is 35.1. The Kier molecular flexibility index (Phi) is 9.55. The average Bonchev–Trinajstić information content (AvgIpc) is 3.70. The molecule has 2 saturated carbocycles. The molecule has 2 aromatic carbocycles. The van der Waals surface area contributed by atoms with Crippen LogP contribution in [-0.4, -0.2) is 57.1 Å². The predicted molar refractivity (Wildman–Crippen MR) is 183 cm³/mol. The Morgan fingerprint density at radius 3 is 2.09 bits per heavy atom. The molecule has 2 aliphatic heterocycles. The van der Waals surface area contributed by atoms with Gasteiger partial charge in [-0.1, -0.05) is 0 Å². The summed E-state index contributed by atoms with van der Waals surface area (Å²) in [5.74, 6) is -0.237. The number of hydrogen-bond donors (Lipinski definition) is 0. The summed E-state index contributed by atoms with van der Waals surface area (Å²) >= 11 is -1.97. The fourth-order valence-corrected chi connectivity index (χ4v) is 25.4. The van der Waals surface area contributed by atoms with Gasteiger partial charge in [0.2, 0.25) is 0 Å². The maximum absolute atomic E-state index is 14.1. The van der Waals surface area contributed by atoms with Crippen LogP contribution in [0.3, 0.4) is 0 Å². The van der Waals surface area contributed by atoms with E-state index >= 15 is 0 Å². The van der Waals surface area contributed by atoms with Crippen LogP contribution in [0.4, 0.5) is 0 Å². The van der Waals surface area contributed by atoms with Crippen molar-refractivity contribution in [3.8, 4) is 0 Å². The van der Waals surface area contributed by atoms with Gasteiger partial charge in [0.25, 0.3) is 0 Å². The zero-order chi connectivity index (χ0) is 33.3. The molecule has 0 unspecified atom stereocenters. The van der Waals surface area contributed by atoms with Crippen LogP contribution in [0.25, 0.3) is 0 Å². The number of nitrogens with zero attached hydrogens (tertiary/aromatic N) is 1. The van der Waals surface area contributed by atoms with Gasteiger partial charge >= 0.3 is 295 Å². The van der Waals surface area contributed by atoms with Gasteiger partial charge in [-0.2, -0.15) is 0 Å². The molecule has 1 spiro atoms. The van der Waals surface area contributed by atoms with E-state index in [2.05, 4.69) is 102 Å². The van der Waals surface area contributed by atoms with Crippen molar-refractivity contribution in [1.29, 1.82) is 0 Å². The van der Waals surface area contributed by atoms with Gasteiger partial charge in [0.15, 0.2) is 0 Å². The number of carbonyl (C=O) groups is 1. The van der Waals surface area contributed by atoms with E-state index in [0.717, 1.165) is 32.1 Å². The van der Waals surface area contributed by atoms with Gasteiger partial charge in [0.1, 0.15) is 0 Å². The van der Waals surface area contributed by atoms with Crippen LogP contribution in [0.2, 0.25) is 8.46 Å². The van der Waals surface area contributed by atoms with E-state index in [1.54, 1.807) is 0 Å². The van der Waals surface area contributed by atoms with Gasteiger partial charge in [-0.3, -0.25) is 0 Å². The van der Waals surface area contributed by atoms with E-state index in [1.807, 2.05) is 6.92 Å². The van der Waals surface area contributed by atoms with Crippen LogP contribution in [-0.2, 0) is 47.3 Å². The third kappa shape index (κ3) is 5.42. The summed E-state index contributed by atoms with van der Waals surface area (Å²) in [6, 6.07) is 21.1. The maximum atomic E-state index is 14.1. The number of halogens is 1. The molecule has 2 bridgehead atoms. The first-order chi connectivity index (χ1) is 21.6. The molecule has 1 amide bonds. The number of rotatable bonds is 9. The first-order valence-corrected chi connectivity index (χ1v) is 30.6. The van der Waals surface area contributed by atoms with Crippen molar-refractivity contribution in [3.63, 3.8) is 0 Å². The molecular formula is C36H50ClHgNO5SSi. The van der Waals surface area contributed by atoms with Crippen LogP contribution in [0, 0.1) is 22.7 Å². The summed E-state index contributed by atoms with van der Waals surface area (Å²) in [5, 5.41) is 2.33. The molecule has 2 aliphatic carbocycles. The Balaban J connectivity index is 1.22. The molecule has 0 N–H and O–H groups in total. The van der Waals surface area contributed by atoms with Gasteiger partial charge in [0, 0.05) is 0 Å². The van der Waals surface area contributed by atoms with Crippen LogP contribution >= 0.6 is 8.25 Å². The Morgan fingerprint density at radius 2 is 1.57 bits per heavy atom. The molecule has 2 aromatic rings. The number of hydrogen-bond acceptors (Lipinski definition) is 5. The number of fused-ring (bicyclic) bond motifs is 1. The Morgan fingerprint density at radius 1 is 1.00 bits per heavy atom. The van der Waals surface area contributed by atoms with Crippen molar-refractivity contribution < 1.29 is 45.7 Å². The van der Waals surface area contributed by atoms with Crippen molar-refractivity contribution in [2.24, 2.45) is 22.7 Å². The summed E-state index contributed by atoms with van der Waals surface area (Å²) in [6.07, 6.45) is 3.75. The molecule has 10 heteroatoms. The van der Waals surface area contributed by atoms with Gasteiger partial charge in [-0.15, -0.1) is 0 Å². The standard InChI is InChI=1S/C36H50NO5SSi.ClH.Hg/c1-25(42-44(34(3,4)5,29-14-10-8-11-15-29)30-16-12-9-13-17-30)22-28-18-19-31(41-28)26(2)33(38)37-32-23-27-20-21-36(32,35(27,6)7)24-43(37,39)40;;/h8-17,22,25-28,31-32H,18-21,23-24H2,1-7H3;1H;/q;;+1/p-1/t25-,26-,27+,28+,31-,32+,36+;;/m0../s1. The zero-order valence-electron chi connectivity index (χ0n) is 28.5. The van der Waals surface area contributed by atoms with E-state index in [0.29, 0.717) is 5.92 Å². The molecule has 2 saturated heterocycles. The summed E-state index contributed by atoms with van der Waals surface area (Å²) in [7, 11) is 0.516. The number of carbonyl (C=O) groups excluding carboxylic acids is 1. The quantitative estimate of drug-likeness (QED) is 0.269. The minimum atomic E-state index is -3.67. The topological polar surface area (TPSA) is 72.9 Å². The van der Waals surface area contributed by atoms with Gasteiger partial charge in [0.05, 0.1) is 0 Å². The van der Waals surface area contributed by atoms with Crippen molar-refractivity contribution in [2.75, 3.05) is 5.75 Å². The Bertz CT molecular complexity index is 1500. The van der Waals surface area contributed by atoms with Crippen molar-refractivity contribution in [3.05, 3.63) is 60.7 Å². The molecule has 2 heterocycles. The monoisotopic (exact) mass is 873 g/mol. The molecule has 248 valence electrons. The number of benzene rings is 2. The van der Waals surface area contributed by atoms with Crippen LogP contribution in [0.15, 0.2) is 60.7 Å². The van der Waals surface area contributed by atoms with Gasteiger partial charge < -0.3 is 0 Å². The fraction of sp³-hybridized carbons (Fsp3) is 0.639. The van der Waals surface area contributed by atoms with E-state index in [-0.39, 0.29) is 55.3 Å². The summed E-state index contributed by atoms with van der Waals surface area (Å²) < 4.78 is 42.9. The fourth-order valence-electron chi connectivity index (χ4n) is 9.90. The Hall–Kier alpha value is -0.778. The Labute approximate surface area is 293 Å². The zero-order valence-corrected chi connectivity index (χ0v) is 36.6. The molecule has 0 radical (unpaired) electrons. The van der Waals surface area contributed by atoms with Crippen LogP contribution in [0.1, 0.15) is 80.6 Å². The molecule has 0 aromatic heterocycles. The van der Waals surface area contributed by atoms with Crippen LogP contribution < -0.4 is 10.4 Å². The molecule has 4 fully saturated rings. The number of sulfonamides is 1. The van der Waals surface area contributed by atoms with E-state index < -0.39 is 47.6 Å². The second-order valence-corrected chi connectivity index (χ2v) is 29.8. The third-order valence-electron chi connectivity index (χ3n) is 12.7. The molecule has 6 nitrogen and oxygen atoms in total. The van der Waals surface area contributed by atoms with Crippen LogP contribution in [0.5, 0.6) is 0 Å². The SMILES string of the molecule is C[C@H](O[Si](c1ccccc1)(c1ccccc1)C(C)(C)C)[C@@H]([Hg][Cl])[C@H]1CC[C@@H]([C@H](C)C(=O)N2[C@@H]3C[C@H]4CC[C@]3(CS2(=O)=O)C4(C)C)O1. The second-order valence-electron chi connectivity index (χ2n) is 16.1. The number of amides is 1. The molecular weight excluding hydrogens is 823 g/mol. The average molecular weight is 873 g/mol. The van der Waals surface area contributed by atoms with Crippen molar-refractivity contribution >= 4 is 42.9 Å². The van der Waals surface area contributed by atoms with E-state index in [4.69, 9.17) is 17.4 Å². The third-order valence-corrected chi connectivity index (χ3v) is 28.9. The van der Waals surface area contributed by atoms with Gasteiger partial charge in [-0.25, -0.2) is 0 Å². The predicted octanol–water partition coefficient (Wildman–Crippen LogP) is 6.53. The summed E-state index contributed by atoms with van der Waals surface area (Å²) in [6.45, 7) is 15.3. The molecule has 4 aliphatic rings. The van der Waals surface area contributed by atoms with Gasteiger partial charge in [-0.05, 0) is 0 Å². The molecule has 6 rings (SSSR count). The first-order valence-electron chi connectivity index (χ1n) is 17.2. The molecule has 46 heavy (non-hydrogen) atoms. The number of ether oxygens (including phenoxy) is 1. The second kappa shape index (κ2) is 12.5.